The van der Waals surface area contributed by atoms with E-state index in [-0.39, 0.29) is 0 Å². The Morgan fingerprint density at radius 1 is 1.36 bits per heavy atom. The van der Waals surface area contributed by atoms with Crippen molar-refractivity contribution < 1.29 is 0 Å². The number of nitrogens with two attached hydrogens (primary N) is 2. The van der Waals surface area contributed by atoms with Crippen LogP contribution in [0.15, 0.2) is 12.1 Å². The SMILES string of the molecule is N#Cc1cc(N)c(N)c(I)c1. The third-order valence-electron chi connectivity index (χ3n) is 1.29. The Labute approximate surface area is 78.1 Å². The quantitative estimate of drug-likeness (QED) is 0.545. The van der Waals surface area contributed by atoms with E-state index >= 15 is 0 Å². The van der Waals surface area contributed by atoms with Crippen LogP contribution in [0.25, 0.3) is 0 Å². The smallest absolute Gasteiger partial charge is 0.0992 e. The fourth-order valence-corrected chi connectivity index (χ4v) is 1.35. The summed E-state index contributed by atoms with van der Waals surface area (Å²) in [4.78, 5) is 0. The van der Waals surface area contributed by atoms with Crippen molar-refractivity contribution in [1.29, 1.82) is 5.26 Å². The minimum absolute atomic E-state index is 0.466. The minimum Gasteiger partial charge on any atom is -0.397 e. The first-order valence-corrected chi connectivity index (χ1v) is 3.97. The lowest BCUT2D eigenvalue weighted by molar-refractivity contribution is 1.47. The van der Waals surface area contributed by atoms with Gasteiger partial charge in [0.1, 0.15) is 0 Å². The van der Waals surface area contributed by atoms with Crippen LogP contribution >= 0.6 is 22.6 Å². The number of hydrogen-bond acceptors (Lipinski definition) is 3. The van der Waals surface area contributed by atoms with Gasteiger partial charge < -0.3 is 11.5 Å². The Morgan fingerprint density at radius 2 is 2.00 bits per heavy atom. The van der Waals surface area contributed by atoms with Crippen molar-refractivity contribution in [3.8, 4) is 6.07 Å². The second-order valence-electron chi connectivity index (χ2n) is 2.07. The maximum atomic E-state index is 8.53. The van der Waals surface area contributed by atoms with Gasteiger partial charge in [0.05, 0.1) is 23.0 Å². The Hall–Kier alpha value is -0.960. The summed E-state index contributed by atoms with van der Waals surface area (Å²) in [7, 11) is 0. The molecule has 0 aliphatic carbocycles. The zero-order valence-corrected chi connectivity index (χ0v) is 7.79. The molecule has 0 spiro atoms. The largest absolute Gasteiger partial charge is 0.397 e. The van der Waals surface area contributed by atoms with Gasteiger partial charge in [-0.3, -0.25) is 0 Å². The molecular formula is C7H6IN3. The fraction of sp³-hybridized carbons (Fsp3) is 0. The molecular weight excluding hydrogens is 253 g/mol. The van der Waals surface area contributed by atoms with Crippen LogP contribution in [-0.2, 0) is 0 Å². The van der Waals surface area contributed by atoms with Gasteiger partial charge >= 0.3 is 0 Å². The van der Waals surface area contributed by atoms with E-state index in [1.54, 1.807) is 12.1 Å². The molecule has 0 aliphatic rings. The normalized spacial score (nSPS) is 9.09. The van der Waals surface area contributed by atoms with Crippen molar-refractivity contribution in [3.05, 3.63) is 21.3 Å². The molecule has 0 heterocycles. The first-order valence-electron chi connectivity index (χ1n) is 2.89. The number of nitrogen functional groups attached to an aromatic ring is 2. The van der Waals surface area contributed by atoms with Crippen LogP contribution in [0.2, 0.25) is 0 Å². The number of nitrogens with zero attached hydrogens (tertiary/aromatic N) is 1. The van der Waals surface area contributed by atoms with Gasteiger partial charge in [-0.05, 0) is 34.7 Å². The first-order chi connectivity index (χ1) is 5.15. The molecule has 4 heteroatoms. The highest BCUT2D eigenvalue weighted by Gasteiger charge is 2.01. The van der Waals surface area contributed by atoms with Gasteiger partial charge in [0, 0.05) is 3.57 Å². The number of nitriles is 1. The summed E-state index contributed by atoms with van der Waals surface area (Å²) in [6.07, 6.45) is 0. The maximum absolute atomic E-state index is 8.53. The Balaban J connectivity index is 3.35. The van der Waals surface area contributed by atoms with Gasteiger partial charge in [-0.1, -0.05) is 0 Å². The van der Waals surface area contributed by atoms with E-state index in [4.69, 9.17) is 16.7 Å². The van der Waals surface area contributed by atoms with E-state index in [2.05, 4.69) is 0 Å². The molecule has 0 radical (unpaired) electrons. The van der Waals surface area contributed by atoms with Crippen molar-refractivity contribution in [2.45, 2.75) is 0 Å². The first kappa shape index (κ1) is 8.14. The molecule has 0 saturated heterocycles. The highest BCUT2D eigenvalue weighted by molar-refractivity contribution is 14.1. The molecule has 1 rings (SSSR count). The maximum Gasteiger partial charge on any atom is 0.0992 e. The lowest BCUT2D eigenvalue weighted by Gasteiger charge is -2.01. The van der Waals surface area contributed by atoms with E-state index in [0.29, 0.717) is 16.9 Å². The molecule has 0 aliphatic heterocycles. The van der Waals surface area contributed by atoms with E-state index in [9.17, 15) is 0 Å². The zero-order valence-electron chi connectivity index (χ0n) is 5.63. The average molecular weight is 259 g/mol. The molecule has 0 atom stereocenters. The third-order valence-corrected chi connectivity index (χ3v) is 2.18. The van der Waals surface area contributed by atoms with Gasteiger partial charge in [0.15, 0.2) is 0 Å². The average Bonchev–Trinajstić information content (AvgIpc) is 1.99. The molecule has 1 aromatic rings. The molecule has 0 bridgehead atoms. The standard InChI is InChI=1S/C7H6IN3/c8-5-1-4(3-9)2-6(10)7(5)11/h1-2H,10-11H2. The molecule has 56 valence electrons. The molecule has 4 N–H and O–H groups in total. The highest BCUT2D eigenvalue weighted by Crippen LogP contribution is 2.23. The monoisotopic (exact) mass is 259 g/mol. The second-order valence-corrected chi connectivity index (χ2v) is 3.23. The Morgan fingerprint density at radius 3 is 2.45 bits per heavy atom. The molecule has 0 unspecified atom stereocenters. The Bertz CT molecular complexity index is 304. The lowest BCUT2D eigenvalue weighted by atomic mass is 10.2. The number of rotatable bonds is 0. The molecule has 11 heavy (non-hydrogen) atoms. The molecule has 0 saturated carbocycles. The van der Waals surface area contributed by atoms with Gasteiger partial charge in [-0.2, -0.15) is 5.26 Å². The van der Waals surface area contributed by atoms with Crippen molar-refractivity contribution in [2.75, 3.05) is 11.5 Å². The number of anilines is 2. The van der Waals surface area contributed by atoms with Gasteiger partial charge in [0.25, 0.3) is 0 Å². The van der Waals surface area contributed by atoms with Crippen LogP contribution in [0, 0.1) is 14.9 Å². The van der Waals surface area contributed by atoms with Crippen LogP contribution in [0.4, 0.5) is 11.4 Å². The number of benzene rings is 1. The topological polar surface area (TPSA) is 75.8 Å². The van der Waals surface area contributed by atoms with Crippen molar-refractivity contribution in [2.24, 2.45) is 0 Å². The lowest BCUT2D eigenvalue weighted by Crippen LogP contribution is -1.97. The highest BCUT2D eigenvalue weighted by atomic mass is 127. The van der Waals surface area contributed by atoms with E-state index in [1.165, 1.54) is 0 Å². The predicted molar refractivity (Wildman–Crippen MR) is 52.7 cm³/mol. The van der Waals surface area contributed by atoms with Gasteiger partial charge in [-0.15, -0.1) is 0 Å². The summed E-state index contributed by atoms with van der Waals surface area (Å²) in [5.41, 5.74) is 12.6. The van der Waals surface area contributed by atoms with Crippen molar-refractivity contribution >= 4 is 34.0 Å². The predicted octanol–water partition coefficient (Wildman–Crippen LogP) is 1.33. The summed E-state index contributed by atoms with van der Waals surface area (Å²) in [6.45, 7) is 0. The molecule has 0 amide bonds. The zero-order chi connectivity index (χ0) is 8.43. The minimum atomic E-state index is 0.466. The van der Waals surface area contributed by atoms with Crippen LogP contribution in [-0.4, -0.2) is 0 Å². The number of halogens is 1. The third kappa shape index (κ3) is 1.54. The van der Waals surface area contributed by atoms with E-state index < -0.39 is 0 Å². The van der Waals surface area contributed by atoms with Crippen LogP contribution in [0.3, 0.4) is 0 Å². The summed E-state index contributed by atoms with van der Waals surface area (Å²) >= 11 is 2.04. The summed E-state index contributed by atoms with van der Waals surface area (Å²) < 4.78 is 0.819. The fourth-order valence-electron chi connectivity index (χ4n) is 0.704. The van der Waals surface area contributed by atoms with Crippen LogP contribution in [0.1, 0.15) is 5.56 Å². The molecule has 1 aromatic carbocycles. The molecule has 0 fully saturated rings. The summed E-state index contributed by atoms with van der Waals surface area (Å²) in [5.74, 6) is 0. The van der Waals surface area contributed by atoms with Crippen LogP contribution in [0.5, 0.6) is 0 Å². The Kier molecular flexibility index (Phi) is 2.19. The molecule has 0 aromatic heterocycles. The summed E-state index contributed by atoms with van der Waals surface area (Å²) in [6, 6.07) is 5.26. The van der Waals surface area contributed by atoms with Crippen molar-refractivity contribution in [3.63, 3.8) is 0 Å². The number of hydrogen-bond donors (Lipinski definition) is 2. The van der Waals surface area contributed by atoms with Gasteiger partial charge in [0.2, 0.25) is 0 Å². The molecule has 3 nitrogen and oxygen atoms in total. The van der Waals surface area contributed by atoms with E-state index in [0.717, 1.165) is 3.57 Å². The van der Waals surface area contributed by atoms with Crippen LogP contribution < -0.4 is 11.5 Å². The van der Waals surface area contributed by atoms with Gasteiger partial charge in [-0.25, -0.2) is 0 Å². The van der Waals surface area contributed by atoms with E-state index in [1.807, 2.05) is 28.7 Å². The summed E-state index contributed by atoms with van der Waals surface area (Å²) in [5, 5.41) is 8.53. The van der Waals surface area contributed by atoms with Crippen molar-refractivity contribution in [1.82, 2.24) is 0 Å². The second kappa shape index (κ2) is 2.96.